The lowest BCUT2D eigenvalue weighted by Gasteiger charge is -2.10. The highest BCUT2D eigenvalue weighted by atomic mass is 16.1. The molecule has 23 heavy (non-hydrogen) atoms. The third-order valence-corrected chi connectivity index (χ3v) is 3.55. The number of hydrogen-bond donors (Lipinski definition) is 2. The number of H-pyrrole nitrogens is 1. The molecule has 2 N–H and O–H groups in total. The Labute approximate surface area is 133 Å². The van der Waals surface area contributed by atoms with Crippen molar-refractivity contribution in [3.05, 3.63) is 40.8 Å². The molecule has 0 aliphatic carbocycles. The molecule has 3 rings (SSSR count). The number of fused-ring (bicyclic) bond motifs is 1. The van der Waals surface area contributed by atoms with Crippen LogP contribution in [0.4, 0.5) is 11.5 Å². The Morgan fingerprint density at radius 3 is 2.65 bits per heavy atom. The van der Waals surface area contributed by atoms with Crippen LogP contribution in [0.3, 0.4) is 0 Å². The van der Waals surface area contributed by atoms with E-state index in [9.17, 15) is 4.79 Å². The minimum Gasteiger partial charge on any atom is -0.337 e. The van der Waals surface area contributed by atoms with Crippen molar-refractivity contribution in [1.29, 1.82) is 0 Å². The Bertz CT molecular complexity index is 893. The van der Waals surface area contributed by atoms with E-state index < -0.39 is 0 Å². The zero-order valence-corrected chi connectivity index (χ0v) is 13.7. The van der Waals surface area contributed by atoms with Crippen molar-refractivity contribution in [2.45, 2.75) is 39.7 Å². The van der Waals surface area contributed by atoms with Crippen LogP contribution in [-0.4, -0.2) is 24.7 Å². The lowest BCUT2D eigenvalue weighted by molar-refractivity contribution is 0.532. The van der Waals surface area contributed by atoms with Crippen molar-refractivity contribution in [3.8, 4) is 0 Å². The molecule has 0 aromatic carbocycles. The van der Waals surface area contributed by atoms with E-state index in [1.54, 1.807) is 18.5 Å². The van der Waals surface area contributed by atoms with E-state index in [4.69, 9.17) is 0 Å². The predicted octanol–water partition coefficient (Wildman–Crippen LogP) is 2.96. The molecule has 0 saturated heterocycles. The maximum absolute atomic E-state index is 12.2. The van der Waals surface area contributed by atoms with Crippen LogP contribution in [0.25, 0.3) is 10.9 Å². The Morgan fingerprint density at radius 2 is 2.00 bits per heavy atom. The largest absolute Gasteiger partial charge is 0.337 e. The molecule has 3 heterocycles. The summed E-state index contributed by atoms with van der Waals surface area (Å²) in [5.41, 5.74) is 1.21. The van der Waals surface area contributed by atoms with E-state index >= 15 is 0 Å². The number of aromatic amines is 1. The molecule has 3 aromatic heterocycles. The third-order valence-electron chi connectivity index (χ3n) is 3.55. The number of anilines is 2. The first-order valence-electron chi connectivity index (χ1n) is 7.66. The van der Waals surface area contributed by atoms with Crippen LogP contribution in [0.5, 0.6) is 0 Å². The summed E-state index contributed by atoms with van der Waals surface area (Å²) in [5.74, 6) is 1.36. The van der Waals surface area contributed by atoms with Crippen molar-refractivity contribution in [1.82, 2.24) is 24.7 Å². The molecule has 0 bridgehead atoms. The topological polar surface area (TPSA) is 88.5 Å². The van der Waals surface area contributed by atoms with Crippen molar-refractivity contribution >= 4 is 22.4 Å². The highest BCUT2D eigenvalue weighted by Gasteiger charge is 2.14. The Hall–Kier alpha value is -2.70. The molecule has 0 fully saturated rings. The first-order valence-corrected chi connectivity index (χ1v) is 7.66. The summed E-state index contributed by atoms with van der Waals surface area (Å²) in [4.78, 5) is 23.9. The van der Waals surface area contributed by atoms with Gasteiger partial charge >= 0.3 is 0 Å². The molecule has 0 radical (unpaired) electrons. The Morgan fingerprint density at radius 1 is 1.22 bits per heavy atom. The number of nitrogens with zero attached hydrogens (tertiary/aromatic N) is 4. The second kappa shape index (κ2) is 5.83. The van der Waals surface area contributed by atoms with Gasteiger partial charge in [-0.2, -0.15) is 5.10 Å². The SMILES string of the molecule is CC(C)c1nc(Nc2cnn(C(C)C)c2)c2c(=O)[nH]ccc2n1. The molecular weight excluding hydrogens is 292 g/mol. The van der Waals surface area contributed by atoms with Gasteiger partial charge in [0.25, 0.3) is 5.56 Å². The van der Waals surface area contributed by atoms with Crippen molar-refractivity contribution in [2.24, 2.45) is 0 Å². The summed E-state index contributed by atoms with van der Waals surface area (Å²) < 4.78 is 1.85. The van der Waals surface area contributed by atoms with Gasteiger partial charge in [0, 0.05) is 24.4 Å². The van der Waals surface area contributed by atoms with E-state index in [2.05, 4.69) is 39.2 Å². The summed E-state index contributed by atoms with van der Waals surface area (Å²) in [6, 6.07) is 2.05. The van der Waals surface area contributed by atoms with Crippen LogP contribution in [0.1, 0.15) is 45.5 Å². The predicted molar refractivity (Wildman–Crippen MR) is 90.1 cm³/mol. The second-order valence-corrected chi connectivity index (χ2v) is 6.08. The van der Waals surface area contributed by atoms with Crippen molar-refractivity contribution in [2.75, 3.05) is 5.32 Å². The zero-order chi connectivity index (χ0) is 16.6. The van der Waals surface area contributed by atoms with Crippen LogP contribution in [0.2, 0.25) is 0 Å². The minimum atomic E-state index is -0.212. The van der Waals surface area contributed by atoms with Gasteiger partial charge in [0.05, 0.1) is 17.4 Å². The number of rotatable bonds is 4. The molecule has 0 amide bonds. The monoisotopic (exact) mass is 312 g/mol. The lowest BCUT2D eigenvalue weighted by atomic mass is 10.2. The van der Waals surface area contributed by atoms with Crippen molar-refractivity contribution in [3.63, 3.8) is 0 Å². The maximum Gasteiger partial charge on any atom is 0.261 e. The smallest absolute Gasteiger partial charge is 0.261 e. The molecule has 0 spiro atoms. The number of pyridine rings is 1. The first-order chi connectivity index (χ1) is 11.0. The van der Waals surface area contributed by atoms with Gasteiger partial charge in [-0.15, -0.1) is 0 Å². The van der Waals surface area contributed by atoms with Gasteiger partial charge in [-0.3, -0.25) is 9.48 Å². The van der Waals surface area contributed by atoms with Crippen LogP contribution in [-0.2, 0) is 0 Å². The highest BCUT2D eigenvalue weighted by Crippen LogP contribution is 2.23. The van der Waals surface area contributed by atoms with Crippen LogP contribution in [0.15, 0.2) is 29.5 Å². The number of nitrogens with one attached hydrogen (secondary N) is 2. The second-order valence-electron chi connectivity index (χ2n) is 6.08. The highest BCUT2D eigenvalue weighted by molar-refractivity contribution is 5.89. The minimum absolute atomic E-state index is 0.164. The molecule has 0 saturated carbocycles. The standard InChI is InChI=1S/C16H20N6O/c1-9(2)14-20-12-5-6-17-16(23)13(12)15(21-14)19-11-7-18-22(8-11)10(3)4/h5-10H,1-4H3,(H,17,23)(H,19,20,21). The normalized spacial score (nSPS) is 11.6. The molecule has 0 aliphatic rings. The van der Waals surface area contributed by atoms with E-state index in [0.29, 0.717) is 22.5 Å². The number of aromatic nitrogens is 5. The van der Waals surface area contributed by atoms with Gasteiger partial charge in [-0.25, -0.2) is 9.97 Å². The Balaban J connectivity index is 2.12. The summed E-state index contributed by atoms with van der Waals surface area (Å²) in [6.45, 7) is 8.15. The average Bonchev–Trinajstić information content (AvgIpc) is 2.95. The number of hydrogen-bond acceptors (Lipinski definition) is 5. The Kier molecular flexibility index (Phi) is 3.85. The van der Waals surface area contributed by atoms with Gasteiger partial charge in [0.1, 0.15) is 17.0 Å². The fourth-order valence-corrected chi connectivity index (χ4v) is 2.28. The van der Waals surface area contributed by atoms with Crippen molar-refractivity contribution < 1.29 is 0 Å². The van der Waals surface area contributed by atoms with Crippen LogP contribution in [0, 0.1) is 0 Å². The van der Waals surface area contributed by atoms with E-state index in [1.165, 1.54) is 0 Å². The van der Waals surface area contributed by atoms with Gasteiger partial charge in [0.15, 0.2) is 0 Å². The molecule has 3 aromatic rings. The summed E-state index contributed by atoms with van der Waals surface area (Å²) in [7, 11) is 0. The summed E-state index contributed by atoms with van der Waals surface area (Å²) in [5, 5.41) is 7.95. The molecule has 0 aliphatic heterocycles. The summed E-state index contributed by atoms with van der Waals surface area (Å²) >= 11 is 0. The van der Waals surface area contributed by atoms with E-state index in [1.807, 2.05) is 24.7 Å². The fraction of sp³-hybridized carbons (Fsp3) is 0.375. The van der Waals surface area contributed by atoms with Gasteiger partial charge in [-0.1, -0.05) is 13.8 Å². The maximum atomic E-state index is 12.2. The van der Waals surface area contributed by atoms with Crippen LogP contribution < -0.4 is 10.9 Å². The molecule has 0 atom stereocenters. The molecule has 7 nitrogen and oxygen atoms in total. The quantitative estimate of drug-likeness (QED) is 0.773. The molecule has 7 heteroatoms. The first kappa shape index (κ1) is 15.2. The zero-order valence-electron chi connectivity index (χ0n) is 13.7. The lowest BCUT2D eigenvalue weighted by Crippen LogP contribution is -2.12. The fourth-order valence-electron chi connectivity index (χ4n) is 2.28. The van der Waals surface area contributed by atoms with E-state index in [0.717, 1.165) is 5.69 Å². The van der Waals surface area contributed by atoms with Crippen LogP contribution >= 0.6 is 0 Å². The average molecular weight is 312 g/mol. The molecular formula is C16H20N6O. The van der Waals surface area contributed by atoms with Gasteiger partial charge < -0.3 is 10.3 Å². The summed E-state index contributed by atoms with van der Waals surface area (Å²) in [6.07, 6.45) is 5.22. The van der Waals surface area contributed by atoms with Gasteiger partial charge in [-0.05, 0) is 19.9 Å². The molecule has 120 valence electrons. The van der Waals surface area contributed by atoms with Gasteiger partial charge in [0.2, 0.25) is 0 Å². The van der Waals surface area contributed by atoms with E-state index in [-0.39, 0.29) is 17.5 Å². The third kappa shape index (κ3) is 2.94. The molecule has 0 unspecified atom stereocenters.